The van der Waals surface area contributed by atoms with Gasteiger partial charge in [-0.25, -0.2) is 0 Å². The molecule has 4 rings (SSSR count). The van der Waals surface area contributed by atoms with Gasteiger partial charge in [-0.15, -0.1) is 0 Å². The van der Waals surface area contributed by atoms with Crippen LogP contribution in [0.4, 0.5) is 0 Å². The van der Waals surface area contributed by atoms with Crippen molar-refractivity contribution in [1.82, 2.24) is 15.6 Å². The zero-order valence-electron chi connectivity index (χ0n) is 11.1. The lowest BCUT2D eigenvalue weighted by Gasteiger charge is -2.31. The van der Waals surface area contributed by atoms with Gasteiger partial charge in [0, 0.05) is 24.3 Å². The van der Waals surface area contributed by atoms with Gasteiger partial charge in [0.1, 0.15) is 11.9 Å². The Morgan fingerprint density at radius 3 is 3.00 bits per heavy atom. The smallest absolute Gasteiger partial charge is 0.138 e. The Bertz CT molecular complexity index is 422. The molecule has 5 unspecified atom stereocenters. The predicted molar refractivity (Wildman–Crippen MR) is 73.1 cm³/mol. The standard InChI is InChI=1S/C15H21N3O/c1-3-11(9-16-5-1)19-15(12-4-2-6-17-12)14-8-10-7-13(10)18-14/h1,3,5,9-10,12-15,17-18H,2,4,6-8H2. The van der Waals surface area contributed by atoms with Gasteiger partial charge in [0.15, 0.2) is 0 Å². The number of hydrogen-bond donors (Lipinski definition) is 2. The van der Waals surface area contributed by atoms with Gasteiger partial charge in [-0.05, 0) is 50.3 Å². The maximum absolute atomic E-state index is 6.26. The molecule has 0 radical (unpaired) electrons. The second kappa shape index (κ2) is 4.76. The van der Waals surface area contributed by atoms with E-state index in [1.807, 2.05) is 18.3 Å². The molecule has 2 aliphatic heterocycles. The quantitative estimate of drug-likeness (QED) is 0.856. The monoisotopic (exact) mass is 259 g/mol. The maximum Gasteiger partial charge on any atom is 0.138 e. The highest BCUT2D eigenvalue weighted by Gasteiger charge is 2.50. The molecule has 2 N–H and O–H groups in total. The van der Waals surface area contributed by atoms with Gasteiger partial charge in [-0.3, -0.25) is 4.98 Å². The first kappa shape index (κ1) is 11.7. The number of rotatable bonds is 4. The minimum atomic E-state index is 0.236. The summed E-state index contributed by atoms with van der Waals surface area (Å²) in [7, 11) is 0. The summed E-state index contributed by atoms with van der Waals surface area (Å²) in [6.45, 7) is 1.12. The molecule has 2 saturated heterocycles. The van der Waals surface area contributed by atoms with Crippen LogP contribution in [0, 0.1) is 5.92 Å². The maximum atomic E-state index is 6.26. The van der Waals surface area contributed by atoms with Crippen LogP contribution in [0.15, 0.2) is 24.5 Å². The second-order valence-corrected chi connectivity index (χ2v) is 6.09. The van der Waals surface area contributed by atoms with Crippen LogP contribution in [0.5, 0.6) is 5.75 Å². The lowest BCUT2D eigenvalue weighted by Crippen LogP contribution is -2.51. The molecule has 5 atom stereocenters. The number of nitrogens with one attached hydrogen (secondary N) is 2. The van der Waals surface area contributed by atoms with E-state index in [2.05, 4.69) is 15.6 Å². The van der Waals surface area contributed by atoms with E-state index in [1.54, 1.807) is 6.20 Å². The molecule has 3 heterocycles. The molecule has 102 valence electrons. The number of pyridine rings is 1. The van der Waals surface area contributed by atoms with Crippen LogP contribution >= 0.6 is 0 Å². The summed E-state index contributed by atoms with van der Waals surface area (Å²) >= 11 is 0. The number of aromatic nitrogens is 1. The molecule has 1 saturated carbocycles. The van der Waals surface area contributed by atoms with Crippen molar-refractivity contribution in [3.05, 3.63) is 24.5 Å². The van der Waals surface area contributed by atoms with Crippen molar-refractivity contribution in [3.8, 4) is 5.75 Å². The third-order valence-corrected chi connectivity index (χ3v) is 4.71. The molecule has 0 amide bonds. The van der Waals surface area contributed by atoms with Crippen molar-refractivity contribution in [3.63, 3.8) is 0 Å². The molecule has 0 aromatic carbocycles. The Kier molecular flexibility index (Phi) is 2.93. The van der Waals surface area contributed by atoms with E-state index >= 15 is 0 Å². The SMILES string of the molecule is c1cncc(OC(C2CCCN2)C2CC3CC3N2)c1. The van der Waals surface area contributed by atoms with E-state index in [4.69, 9.17) is 4.74 Å². The zero-order chi connectivity index (χ0) is 12.7. The molecule has 0 bridgehead atoms. The minimum absolute atomic E-state index is 0.236. The first-order chi connectivity index (χ1) is 9.40. The lowest BCUT2D eigenvalue weighted by atomic mass is 9.98. The fraction of sp³-hybridized carbons (Fsp3) is 0.667. The number of ether oxygens (including phenoxy) is 1. The van der Waals surface area contributed by atoms with Crippen LogP contribution < -0.4 is 15.4 Å². The molecular weight excluding hydrogens is 238 g/mol. The number of hydrogen-bond acceptors (Lipinski definition) is 4. The summed E-state index contributed by atoms with van der Waals surface area (Å²) in [6, 6.07) is 5.69. The highest BCUT2D eigenvalue weighted by atomic mass is 16.5. The van der Waals surface area contributed by atoms with E-state index in [1.165, 1.54) is 25.7 Å². The first-order valence-corrected chi connectivity index (χ1v) is 7.46. The minimum Gasteiger partial charge on any atom is -0.486 e. The van der Waals surface area contributed by atoms with Gasteiger partial charge in [0.25, 0.3) is 0 Å². The summed E-state index contributed by atoms with van der Waals surface area (Å²) in [5.41, 5.74) is 0. The van der Waals surface area contributed by atoms with E-state index in [-0.39, 0.29) is 6.10 Å². The third-order valence-electron chi connectivity index (χ3n) is 4.71. The van der Waals surface area contributed by atoms with Crippen LogP contribution in [0.3, 0.4) is 0 Å². The molecule has 3 aliphatic rings. The van der Waals surface area contributed by atoms with Crippen LogP contribution in [-0.2, 0) is 0 Å². The molecule has 4 heteroatoms. The van der Waals surface area contributed by atoms with Crippen LogP contribution in [0.25, 0.3) is 0 Å². The average molecular weight is 259 g/mol. The van der Waals surface area contributed by atoms with E-state index in [0.717, 1.165) is 24.3 Å². The van der Waals surface area contributed by atoms with Crippen LogP contribution in [0.2, 0.25) is 0 Å². The van der Waals surface area contributed by atoms with E-state index in [9.17, 15) is 0 Å². The molecule has 4 nitrogen and oxygen atoms in total. The molecule has 1 aromatic heterocycles. The second-order valence-electron chi connectivity index (χ2n) is 6.09. The topological polar surface area (TPSA) is 46.2 Å². The lowest BCUT2D eigenvalue weighted by molar-refractivity contribution is 0.119. The first-order valence-electron chi connectivity index (χ1n) is 7.46. The molecule has 0 spiro atoms. The number of nitrogens with zero attached hydrogens (tertiary/aromatic N) is 1. The molecule has 1 aliphatic carbocycles. The number of piperidine rings is 1. The Balaban J connectivity index is 1.50. The van der Waals surface area contributed by atoms with Gasteiger partial charge in [0.2, 0.25) is 0 Å². The summed E-state index contributed by atoms with van der Waals surface area (Å²) in [4.78, 5) is 4.15. The van der Waals surface area contributed by atoms with Crippen molar-refractivity contribution in [2.45, 2.75) is 49.9 Å². The highest BCUT2D eigenvalue weighted by molar-refractivity contribution is 5.18. The Hall–Kier alpha value is -1.13. The highest BCUT2D eigenvalue weighted by Crippen LogP contribution is 2.42. The Morgan fingerprint density at radius 2 is 2.32 bits per heavy atom. The van der Waals surface area contributed by atoms with Crippen molar-refractivity contribution in [2.24, 2.45) is 5.92 Å². The van der Waals surface area contributed by atoms with Crippen molar-refractivity contribution < 1.29 is 4.74 Å². The Labute approximate surface area is 113 Å². The predicted octanol–water partition coefficient (Wildman–Crippen LogP) is 1.33. The van der Waals surface area contributed by atoms with Gasteiger partial charge in [-0.1, -0.05) is 0 Å². The average Bonchev–Trinajstić information content (AvgIpc) is 2.88. The van der Waals surface area contributed by atoms with Crippen molar-refractivity contribution in [2.75, 3.05) is 6.54 Å². The van der Waals surface area contributed by atoms with Gasteiger partial charge in [-0.2, -0.15) is 0 Å². The zero-order valence-corrected chi connectivity index (χ0v) is 11.1. The normalized spacial score (nSPS) is 37.9. The van der Waals surface area contributed by atoms with Crippen LogP contribution in [-0.4, -0.2) is 35.8 Å². The van der Waals surface area contributed by atoms with E-state index < -0.39 is 0 Å². The van der Waals surface area contributed by atoms with Crippen molar-refractivity contribution >= 4 is 0 Å². The largest absolute Gasteiger partial charge is 0.486 e. The van der Waals surface area contributed by atoms with Gasteiger partial charge in [0.05, 0.1) is 6.20 Å². The summed E-state index contributed by atoms with van der Waals surface area (Å²) < 4.78 is 6.26. The van der Waals surface area contributed by atoms with Gasteiger partial charge < -0.3 is 15.4 Å². The summed E-state index contributed by atoms with van der Waals surface area (Å²) in [5.74, 6) is 1.80. The third kappa shape index (κ3) is 2.35. The van der Waals surface area contributed by atoms with E-state index in [0.29, 0.717) is 12.1 Å². The summed E-state index contributed by atoms with van der Waals surface area (Å²) in [6.07, 6.45) is 8.97. The van der Waals surface area contributed by atoms with Crippen LogP contribution in [0.1, 0.15) is 25.7 Å². The Morgan fingerprint density at radius 1 is 1.32 bits per heavy atom. The van der Waals surface area contributed by atoms with Gasteiger partial charge >= 0.3 is 0 Å². The number of fused-ring (bicyclic) bond motifs is 1. The molecule has 19 heavy (non-hydrogen) atoms. The fourth-order valence-corrected chi connectivity index (χ4v) is 3.62. The fourth-order valence-electron chi connectivity index (χ4n) is 3.62. The summed E-state index contributed by atoms with van der Waals surface area (Å²) in [5, 5.41) is 7.34. The van der Waals surface area contributed by atoms with Crippen molar-refractivity contribution in [1.29, 1.82) is 0 Å². The molecular formula is C15H21N3O. The molecule has 3 fully saturated rings. The molecule has 1 aromatic rings.